The van der Waals surface area contributed by atoms with Crippen molar-refractivity contribution in [3.8, 4) is 11.5 Å². The van der Waals surface area contributed by atoms with Gasteiger partial charge in [0, 0.05) is 18.2 Å². The molecule has 2 aromatic rings. The SMILES string of the molecule is COc1cccc2c1OC(N)c1ncccc1C2. The molecule has 0 spiro atoms. The van der Waals surface area contributed by atoms with Gasteiger partial charge in [0.2, 0.25) is 0 Å². The zero-order valence-electron chi connectivity index (χ0n) is 10.1. The van der Waals surface area contributed by atoms with E-state index in [9.17, 15) is 0 Å². The van der Waals surface area contributed by atoms with Gasteiger partial charge in [-0.1, -0.05) is 18.2 Å². The van der Waals surface area contributed by atoms with Gasteiger partial charge in [-0.15, -0.1) is 0 Å². The highest BCUT2D eigenvalue weighted by Crippen LogP contribution is 2.37. The Morgan fingerprint density at radius 2 is 2.11 bits per heavy atom. The lowest BCUT2D eigenvalue weighted by Crippen LogP contribution is -2.19. The zero-order chi connectivity index (χ0) is 12.5. The molecule has 3 rings (SSSR count). The van der Waals surface area contributed by atoms with Crippen LogP contribution in [0.3, 0.4) is 0 Å². The maximum absolute atomic E-state index is 6.04. The Balaban J connectivity index is 2.14. The summed E-state index contributed by atoms with van der Waals surface area (Å²) in [6, 6.07) is 9.78. The molecule has 0 saturated carbocycles. The summed E-state index contributed by atoms with van der Waals surface area (Å²) >= 11 is 0. The van der Waals surface area contributed by atoms with Crippen molar-refractivity contribution in [1.82, 2.24) is 4.98 Å². The molecular formula is C14H14N2O2. The lowest BCUT2D eigenvalue weighted by Gasteiger charge is -2.15. The first kappa shape index (κ1) is 11.0. The van der Waals surface area contributed by atoms with Crippen molar-refractivity contribution >= 4 is 0 Å². The number of hydrogen-bond donors (Lipinski definition) is 1. The van der Waals surface area contributed by atoms with Crippen LogP contribution in [0.2, 0.25) is 0 Å². The molecule has 0 radical (unpaired) electrons. The molecule has 1 unspecified atom stereocenters. The number of benzene rings is 1. The van der Waals surface area contributed by atoms with Crippen LogP contribution in [0.15, 0.2) is 36.5 Å². The third-order valence-corrected chi connectivity index (χ3v) is 3.10. The fourth-order valence-electron chi connectivity index (χ4n) is 2.24. The topological polar surface area (TPSA) is 57.4 Å². The monoisotopic (exact) mass is 242 g/mol. The lowest BCUT2D eigenvalue weighted by molar-refractivity contribution is 0.200. The van der Waals surface area contributed by atoms with Crippen LogP contribution >= 0.6 is 0 Å². The van der Waals surface area contributed by atoms with Gasteiger partial charge in [-0.05, 0) is 17.7 Å². The van der Waals surface area contributed by atoms with Crippen LogP contribution in [0.25, 0.3) is 0 Å². The predicted molar refractivity (Wildman–Crippen MR) is 67.6 cm³/mol. The number of nitrogens with zero attached hydrogens (tertiary/aromatic N) is 1. The Morgan fingerprint density at radius 1 is 1.28 bits per heavy atom. The molecule has 4 nitrogen and oxygen atoms in total. The van der Waals surface area contributed by atoms with Crippen molar-refractivity contribution in [3.05, 3.63) is 53.3 Å². The Bertz CT molecular complexity index is 584. The van der Waals surface area contributed by atoms with E-state index in [0.717, 1.165) is 23.2 Å². The minimum atomic E-state index is -0.557. The van der Waals surface area contributed by atoms with E-state index in [0.29, 0.717) is 11.5 Å². The standard InChI is InChI=1S/C14H14N2O2/c1-17-11-6-2-4-10-8-9-5-3-7-16-12(9)14(15)18-13(10)11/h2-7,14H,8,15H2,1H3. The number of ether oxygens (including phenoxy) is 2. The first-order chi connectivity index (χ1) is 8.79. The average molecular weight is 242 g/mol. The highest BCUT2D eigenvalue weighted by molar-refractivity contribution is 5.50. The normalized spacial score (nSPS) is 17.1. The molecule has 18 heavy (non-hydrogen) atoms. The summed E-state index contributed by atoms with van der Waals surface area (Å²) in [5.74, 6) is 1.42. The molecule has 92 valence electrons. The molecule has 1 aliphatic rings. The van der Waals surface area contributed by atoms with Crippen molar-refractivity contribution in [2.24, 2.45) is 5.73 Å². The molecule has 0 amide bonds. The molecule has 0 saturated heterocycles. The molecule has 1 aliphatic heterocycles. The summed E-state index contributed by atoms with van der Waals surface area (Å²) in [6.07, 6.45) is 1.93. The van der Waals surface area contributed by atoms with Crippen molar-refractivity contribution in [1.29, 1.82) is 0 Å². The second kappa shape index (κ2) is 4.31. The summed E-state index contributed by atoms with van der Waals surface area (Å²) in [5, 5.41) is 0. The van der Waals surface area contributed by atoms with Crippen molar-refractivity contribution in [2.45, 2.75) is 12.6 Å². The smallest absolute Gasteiger partial charge is 0.191 e. The van der Waals surface area contributed by atoms with Gasteiger partial charge in [0.1, 0.15) is 0 Å². The van der Waals surface area contributed by atoms with Crippen LogP contribution in [0, 0.1) is 0 Å². The van der Waals surface area contributed by atoms with E-state index in [1.807, 2.05) is 30.3 Å². The Labute approximate surface area is 105 Å². The number of nitrogens with two attached hydrogens (primary N) is 1. The maximum Gasteiger partial charge on any atom is 0.191 e. The molecule has 0 bridgehead atoms. The molecule has 1 atom stereocenters. The van der Waals surface area contributed by atoms with Crippen LogP contribution in [0.4, 0.5) is 0 Å². The minimum Gasteiger partial charge on any atom is -0.493 e. The van der Waals surface area contributed by atoms with E-state index in [2.05, 4.69) is 4.98 Å². The van der Waals surface area contributed by atoms with E-state index >= 15 is 0 Å². The highest BCUT2D eigenvalue weighted by Gasteiger charge is 2.23. The second-order valence-electron chi connectivity index (χ2n) is 4.21. The largest absolute Gasteiger partial charge is 0.493 e. The Kier molecular flexibility index (Phi) is 2.64. The second-order valence-corrected chi connectivity index (χ2v) is 4.21. The maximum atomic E-state index is 6.04. The molecule has 1 aromatic heterocycles. The third-order valence-electron chi connectivity index (χ3n) is 3.10. The lowest BCUT2D eigenvalue weighted by atomic mass is 10.0. The molecule has 0 aliphatic carbocycles. The summed E-state index contributed by atoms with van der Waals surface area (Å²) < 4.78 is 11.1. The minimum absolute atomic E-state index is 0.557. The van der Waals surface area contributed by atoms with E-state index in [-0.39, 0.29) is 0 Å². The molecule has 1 aromatic carbocycles. The van der Waals surface area contributed by atoms with Gasteiger partial charge in [-0.25, -0.2) is 0 Å². The molecular weight excluding hydrogens is 228 g/mol. The fourth-order valence-corrected chi connectivity index (χ4v) is 2.24. The van der Waals surface area contributed by atoms with Gasteiger partial charge in [0.05, 0.1) is 12.8 Å². The van der Waals surface area contributed by atoms with Gasteiger partial charge in [0.15, 0.2) is 17.7 Å². The molecule has 2 N–H and O–H groups in total. The number of hydrogen-bond acceptors (Lipinski definition) is 4. The van der Waals surface area contributed by atoms with Crippen molar-refractivity contribution in [3.63, 3.8) is 0 Å². The quantitative estimate of drug-likeness (QED) is 0.831. The zero-order valence-corrected chi connectivity index (χ0v) is 10.1. The number of fused-ring (bicyclic) bond motifs is 2. The molecule has 0 fully saturated rings. The van der Waals surface area contributed by atoms with Crippen molar-refractivity contribution in [2.75, 3.05) is 7.11 Å². The average Bonchev–Trinajstić information content (AvgIpc) is 2.54. The number of aromatic nitrogens is 1. The molecule has 2 heterocycles. The summed E-state index contributed by atoms with van der Waals surface area (Å²) in [7, 11) is 1.63. The van der Waals surface area contributed by atoms with Crippen LogP contribution in [-0.2, 0) is 6.42 Å². The highest BCUT2D eigenvalue weighted by atomic mass is 16.5. The van der Waals surface area contributed by atoms with E-state index in [1.165, 1.54) is 0 Å². The van der Waals surface area contributed by atoms with Crippen LogP contribution < -0.4 is 15.2 Å². The van der Waals surface area contributed by atoms with E-state index < -0.39 is 6.23 Å². The van der Waals surface area contributed by atoms with Gasteiger partial charge >= 0.3 is 0 Å². The predicted octanol–water partition coefficient (Wildman–Crippen LogP) is 2.03. The Hall–Kier alpha value is -2.07. The molecule has 4 heteroatoms. The third kappa shape index (κ3) is 1.71. The summed E-state index contributed by atoms with van der Waals surface area (Å²) in [5.41, 5.74) is 8.99. The number of para-hydroxylation sites is 1. The van der Waals surface area contributed by atoms with Crippen molar-refractivity contribution < 1.29 is 9.47 Å². The van der Waals surface area contributed by atoms with Gasteiger partial charge < -0.3 is 9.47 Å². The van der Waals surface area contributed by atoms with Gasteiger partial charge in [0.25, 0.3) is 0 Å². The number of methoxy groups -OCH3 is 1. The number of pyridine rings is 1. The van der Waals surface area contributed by atoms with E-state index in [1.54, 1.807) is 13.3 Å². The number of rotatable bonds is 1. The van der Waals surface area contributed by atoms with E-state index in [4.69, 9.17) is 15.2 Å². The summed E-state index contributed by atoms with van der Waals surface area (Å²) in [4.78, 5) is 4.31. The fraction of sp³-hybridized carbons (Fsp3) is 0.214. The Morgan fingerprint density at radius 3 is 2.94 bits per heavy atom. The van der Waals surface area contributed by atoms with Gasteiger partial charge in [-0.3, -0.25) is 10.7 Å². The van der Waals surface area contributed by atoms with Gasteiger partial charge in [-0.2, -0.15) is 0 Å². The van der Waals surface area contributed by atoms with Crippen LogP contribution in [0.1, 0.15) is 23.0 Å². The van der Waals surface area contributed by atoms with Crippen LogP contribution in [0.5, 0.6) is 11.5 Å². The van der Waals surface area contributed by atoms with Crippen LogP contribution in [-0.4, -0.2) is 12.1 Å². The summed E-state index contributed by atoms with van der Waals surface area (Å²) in [6.45, 7) is 0. The first-order valence-corrected chi connectivity index (χ1v) is 5.81. The first-order valence-electron chi connectivity index (χ1n) is 5.81.